The lowest BCUT2D eigenvalue weighted by Crippen LogP contribution is -2.28. The summed E-state index contributed by atoms with van der Waals surface area (Å²) >= 11 is 0. The second kappa shape index (κ2) is 8.57. The van der Waals surface area contributed by atoms with Gasteiger partial charge in [0.2, 0.25) is 0 Å². The minimum absolute atomic E-state index is 0.221. The van der Waals surface area contributed by atoms with Gasteiger partial charge in [0.15, 0.2) is 0 Å². The van der Waals surface area contributed by atoms with E-state index < -0.39 is 0 Å². The van der Waals surface area contributed by atoms with E-state index in [1.165, 1.54) is 12.1 Å². The van der Waals surface area contributed by atoms with Crippen LogP contribution in [0.2, 0.25) is 0 Å². The van der Waals surface area contributed by atoms with Gasteiger partial charge < -0.3 is 20.0 Å². The summed E-state index contributed by atoms with van der Waals surface area (Å²) in [6.07, 6.45) is 5.11. The first-order chi connectivity index (χ1) is 17.1. The van der Waals surface area contributed by atoms with Crippen LogP contribution in [-0.2, 0) is 0 Å². The highest BCUT2D eigenvalue weighted by atomic mass is 19.1. The van der Waals surface area contributed by atoms with E-state index in [1.54, 1.807) is 6.07 Å². The van der Waals surface area contributed by atoms with Gasteiger partial charge in [-0.2, -0.15) is 5.26 Å². The maximum Gasteiger partial charge on any atom is 0.139 e. The van der Waals surface area contributed by atoms with Gasteiger partial charge >= 0.3 is 0 Å². The Labute approximate surface area is 201 Å². The van der Waals surface area contributed by atoms with Crippen molar-refractivity contribution in [3.05, 3.63) is 78.2 Å². The molecule has 0 bridgehead atoms. The highest BCUT2D eigenvalue weighted by Crippen LogP contribution is 2.32. The van der Waals surface area contributed by atoms with Crippen LogP contribution < -0.4 is 5.32 Å². The fraction of sp³-hybridized carbons (Fsp3) is 0.214. The fourth-order valence-electron chi connectivity index (χ4n) is 5.05. The van der Waals surface area contributed by atoms with Crippen molar-refractivity contribution in [1.29, 1.82) is 5.26 Å². The zero-order valence-electron chi connectivity index (χ0n) is 19.0. The summed E-state index contributed by atoms with van der Waals surface area (Å²) in [5.74, 6) is 0.391. The predicted molar refractivity (Wildman–Crippen MR) is 135 cm³/mol. The zero-order valence-corrected chi connectivity index (χ0v) is 19.0. The third-order valence-corrected chi connectivity index (χ3v) is 6.89. The molecule has 3 N–H and O–H groups in total. The van der Waals surface area contributed by atoms with Gasteiger partial charge in [-0.05, 0) is 74.2 Å². The third-order valence-electron chi connectivity index (χ3n) is 6.89. The first-order valence-electron chi connectivity index (χ1n) is 11.8. The Morgan fingerprint density at radius 2 is 1.91 bits per heavy atom. The number of benzene rings is 3. The van der Waals surface area contributed by atoms with Crippen molar-refractivity contribution in [3.8, 4) is 23.1 Å². The van der Waals surface area contributed by atoms with Crippen molar-refractivity contribution in [1.82, 2.24) is 14.5 Å². The van der Waals surface area contributed by atoms with E-state index >= 15 is 0 Å². The summed E-state index contributed by atoms with van der Waals surface area (Å²) in [5.41, 5.74) is 5.68. The maximum atomic E-state index is 13.7. The van der Waals surface area contributed by atoms with Crippen LogP contribution in [0.4, 0.5) is 10.1 Å². The largest absolute Gasteiger partial charge is 0.393 e. The molecule has 0 unspecified atom stereocenters. The molecule has 0 amide bonds. The molecule has 2 heterocycles. The molecule has 0 atom stereocenters. The Kier molecular flexibility index (Phi) is 5.24. The van der Waals surface area contributed by atoms with Crippen molar-refractivity contribution in [2.75, 3.05) is 5.32 Å². The minimum Gasteiger partial charge on any atom is -0.393 e. The molecule has 7 heteroatoms. The molecule has 35 heavy (non-hydrogen) atoms. The molecule has 1 saturated carbocycles. The number of halogens is 1. The summed E-state index contributed by atoms with van der Waals surface area (Å²) in [4.78, 5) is 7.91. The number of aromatic nitrogens is 3. The van der Waals surface area contributed by atoms with E-state index in [9.17, 15) is 14.8 Å². The Morgan fingerprint density at radius 1 is 1.06 bits per heavy atom. The van der Waals surface area contributed by atoms with Crippen LogP contribution >= 0.6 is 0 Å². The number of H-pyrrole nitrogens is 1. The average molecular weight is 466 g/mol. The number of nitrogens with one attached hydrogen (secondary N) is 2. The van der Waals surface area contributed by atoms with Crippen LogP contribution in [0.5, 0.6) is 0 Å². The Balaban J connectivity index is 1.39. The molecule has 2 aromatic heterocycles. The molecule has 0 aliphatic heterocycles. The quantitative estimate of drug-likeness (QED) is 0.308. The summed E-state index contributed by atoms with van der Waals surface area (Å²) in [6, 6.07) is 21.0. The summed E-state index contributed by atoms with van der Waals surface area (Å²) in [6.45, 7) is 0. The minimum atomic E-state index is -0.299. The lowest BCUT2D eigenvalue weighted by molar-refractivity contribution is 0.126. The van der Waals surface area contributed by atoms with Crippen LogP contribution in [0, 0.1) is 17.1 Å². The van der Waals surface area contributed by atoms with Crippen LogP contribution in [0.15, 0.2) is 66.9 Å². The van der Waals surface area contributed by atoms with Gasteiger partial charge in [-0.25, -0.2) is 9.37 Å². The molecule has 6 rings (SSSR count). The summed E-state index contributed by atoms with van der Waals surface area (Å²) < 4.78 is 15.8. The first-order valence-corrected chi connectivity index (χ1v) is 11.8. The molecule has 1 aliphatic rings. The number of anilines is 1. The SMILES string of the molecule is N#Cc1ccc(-n2ccc3c(-c4nc5ccc(F)cc5[nH]4)cccc32)cc1N[C@H]1CC[C@H](O)CC1. The van der Waals surface area contributed by atoms with Crippen molar-refractivity contribution in [2.45, 2.75) is 37.8 Å². The number of aliphatic hydroxyl groups excluding tert-OH is 1. The number of rotatable bonds is 4. The Bertz CT molecular complexity index is 1590. The van der Waals surface area contributed by atoms with Crippen LogP contribution in [0.1, 0.15) is 31.2 Å². The van der Waals surface area contributed by atoms with E-state index in [0.717, 1.165) is 59.0 Å². The molecule has 1 aliphatic carbocycles. The number of aliphatic hydroxyl groups is 1. The lowest BCUT2D eigenvalue weighted by atomic mass is 9.93. The van der Waals surface area contributed by atoms with Gasteiger partial charge in [0.25, 0.3) is 0 Å². The predicted octanol–water partition coefficient (Wildman–Crippen LogP) is 5.90. The average Bonchev–Trinajstić information content (AvgIpc) is 3.49. The number of nitriles is 1. The topological polar surface area (TPSA) is 89.7 Å². The monoisotopic (exact) mass is 465 g/mol. The Morgan fingerprint density at radius 3 is 2.74 bits per heavy atom. The summed E-state index contributed by atoms with van der Waals surface area (Å²) in [7, 11) is 0. The highest BCUT2D eigenvalue weighted by Gasteiger charge is 2.20. The zero-order chi connectivity index (χ0) is 23.9. The van der Waals surface area contributed by atoms with Gasteiger partial charge in [-0.15, -0.1) is 0 Å². The number of imidazole rings is 1. The molecule has 1 fully saturated rings. The van der Waals surface area contributed by atoms with Crippen molar-refractivity contribution < 1.29 is 9.50 Å². The van der Waals surface area contributed by atoms with E-state index in [0.29, 0.717) is 16.9 Å². The molecular formula is C28H24FN5O. The molecule has 174 valence electrons. The van der Waals surface area contributed by atoms with Crippen molar-refractivity contribution >= 4 is 27.6 Å². The molecule has 0 radical (unpaired) electrons. The lowest BCUT2D eigenvalue weighted by Gasteiger charge is -2.27. The fourth-order valence-corrected chi connectivity index (χ4v) is 5.05. The molecule has 3 aromatic carbocycles. The van der Waals surface area contributed by atoms with Gasteiger partial charge in [0.1, 0.15) is 17.7 Å². The van der Waals surface area contributed by atoms with E-state index in [1.807, 2.05) is 42.6 Å². The van der Waals surface area contributed by atoms with Crippen LogP contribution in [-0.4, -0.2) is 31.8 Å². The van der Waals surface area contributed by atoms with Gasteiger partial charge in [-0.3, -0.25) is 0 Å². The smallest absolute Gasteiger partial charge is 0.139 e. The molecule has 6 nitrogen and oxygen atoms in total. The Hall–Kier alpha value is -4.15. The second-order valence-electron chi connectivity index (χ2n) is 9.16. The number of nitrogens with zero attached hydrogens (tertiary/aromatic N) is 3. The van der Waals surface area contributed by atoms with Gasteiger partial charge in [-0.1, -0.05) is 12.1 Å². The van der Waals surface area contributed by atoms with E-state index in [-0.39, 0.29) is 18.0 Å². The normalized spacial score (nSPS) is 18.1. The van der Waals surface area contributed by atoms with Crippen LogP contribution in [0.3, 0.4) is 0 Å². The number of fused-ring (bicyclic) bond motifs is 2. The van der Waals surface area contributed by atoms with Gasteiger partial charge in [0.05, 0.1) is 33.9 Å². The van der Waals surface area contributed by atoms with Crippen molar-refractivity contribution in [3.63, 3.8) is 0 Å². The molecule has 0 spiro atoms. The molecule has 5 aromatic rings. The number of hydrogen-bond acceptors (Lipinski definition) is 4. The van der Waals surface area contributed by atoms with Crippen LogP contribution in [0.25, 0.3) is 39.0 Å². The van der Waals surface area contributed by atoms with Gasteiger partial charge in [0, 0.05) is 28.9 Å². The van der Waals surface area contributed by atoms with E-state index in [2.05, 4.69) is 32.0 Å². The molecule has 0 saturated heterocycles. The first kappa shape index (κ1) is 21.4. The second-order valence-corrected chi connectivity index (χ2v) is 9.16. The maximum absolute atomic E-state index is 13.7. The summed E-state index contributed by atoms with van der Waals surface area (Å²) in [5, 5.41) is 24.0. The van der Waals surface area contributed by atoms with E-state index in [4.69, 9.17) is 0 Å². The number of hydrogen-bond donors (Lipinski definition) is 3. The third kappa shape index (κ3) is 3.92. The highest BCUT2D eigenvalue weighted by molar-refractivity contribution is 5.96. The van der Waals surface area contributed by atoms with Crippen molar-refractivity contribution in [2.24, 2.45) is 0 Å². The standard InChI is InChI=1S/C28H24FN5O/c29-18-5-11-24-26(14-18)33-28(32-24)23-2-1-3-27-22(23)12-13-34(27)20-8-4-17(16-30)25(15-20)31-19-6-9-21(35)10-7-19/h1-5,8,11-15,19,21,31,35H,6-7,9-10H2,(H,32,33)/t19-,21-. The number of aromatic amines is 1. The molecular weight excluding hydrogens is 441 g/mol.